The summed E-state index contributed by atoms with van der Waals surface area (Å²) < 4.78 is 1.18. The SMILES string of the molecule is C1=CNC(=NCc2ccccn2)N(c2nc3ccccc3s2)C1. The molecule has 1 aliphatic heterocycles. The Morgan fingerprint density at radius 1 is 1.17 bits per heavy atom. The summed E-state index contributed by atoms with van der Waals surface area (Å²) in [6.07, 6.45) is 5.77. The van der Waals surface area contributed by atoms with Crippen LogP contribution in [0.15, 0.2) is 65.9 Å². The number of nitrogens with zero attached hydrogens (tertiary/aromatic N) is 4. The largest absolute Gasteiger partial charge is 0.333 e. The molecule has 4 rings (SSSR count). The van der Waals surface area contributed by atoms with Crippen LogP contribution < -0.4 is 10.2 Å². The predicted octanol–water partition coefficient (Wildman–Crippen LogP) is 3.17. The lowest BCUT2D eigenvalue weighted by molar-refractivity contribution is 0.930. The maximum atomic E-state index is 4.72. The summed E-state index contributed by atoms with van der Waals surface area (Å²) in [5.41, 5.74) is 1.96. The first-order valence-electron chi connectivity index (χ1n) is 7.39. The Kier molecular flexibility index (Phi) is 3.73. The number of pyridine rings is 1. The van der Waals surface area contributed by atoms with Crippen LogP contribution in [0.5, 0.6) is 0 Å². The zero-order valence-electron chi connectivity index (χ0n) is 12.4. The van der Waals surface area contributed by atoms with Crippen molar-refractivity contribution in [1.29, 1.82) is 0 Å². The van der Waals surface area contributed by atoms with E-state index in [0.717, 1.165) is 28.8 Å². The van der Waals surface area contributed by atoms with E-state index in [2.05, 4.69) is 32.3 Å². The van der Waals surface area contributed by atoms with Gasteiger partial charge in [-0.3, -0.25) is 9.88 Å². The van der Waals surface area contributed by atoms with Gasteiger partial charge >= 0.3 is 0 Å². The number of aromatic nitrogens is 2. The van der Waals surface area contributed by atoms with E-state index in [-0.39, 0.29) is 0 Å². The second-order valence-corrected chi connectivity index (χ2v) is 6.09. The van der Waals surface area contributed by atoms with E-state index in [4.69, 9.17) is 4.98 Å². The van der Waals surface area contributed by atoms with Gasteiger partial charge in [0.2, 0.25) is 5.96 Å². The van der Waals surface area contributed by atoms with Crippen LogP contribution in [0.3, 0.4) is 0 Å². The summed E-state index contributed by atoms with van der Waals surface area (Å²) in [7, 11) is 0. The average molecular weight is 321 g/mol. The first-order chi connectivity index (χ1) is 11.4. The Morgan fingerprint density at radius 3 is 2.96 bits per heavy atom. The van der Waals surface area contributed by atoms with Gasteiger partial charge in [0.25, 0.3) is 0 Å². The van der Waals surface area contributed by atoms with Crippen molar-refractivity contribution in [1.82, 2.24) is 15.3 Å². The molecule has 1 N–H and O–H groups in total. The van der Waals surface area contributed by atoms with Crippen molar-refractivity contribution in [3.63, 3.8) is 0 Å². The van der Waals surface area contributed by atoms with Crippen LogP contribution in [-0.4, -0.2) is 22.5 Å². The van der Waals surface area contributed by atoms with E-state index in [1.807, 2.05) is 42.6 Å². The fourth-order valence-electron chi connectivity index (χ4n) is 2.38. The minimum Gasteiger partial charge on any atom is -0.333 e. The van der Waals surface area contributed by atoms with Crippen molar-refractivity contribution in [2.45, 2.75) is 6.54 Å². The van der Waals surface area contributed by atoms with Crippen molar-refractivity contribution in [3.8, 4) is 0 Å². The molecular formula is C17H15N5S. The van der Waals surface area contributed by atoms with Crippen LogP contribution in [0.25, 0.3) is 10.2 Å². The van der Waals surface area contributed by atoms with E-state index in [1.165, 1.54) is 4.70 Å². The number of guanidine groups is 1. The maximum absolute atomic E-state index is 4.72. The highest BCUT2D eigenvalue weighted by molar-refractivity contribution is 7.22. The molecule has 0 amide bonds. The van der Waals surface area contributed by atoms with Crippen molar-refractivity contribution >= 4 is 32.6 Å². The number of fused-ring (bicyclic) bond motifs is 1. The number of rotatable bonds is 3. The lowest BCUT2D eigenvalue weighted by Gasteiger charge is -2.25. The molecule has 0 spiro atoms. The third-order valence-corrected chi connectivity index (χ3v) is 4.56. The minimum absolute atomic E-state index is 0.540. The Morgan fingerprint density at radius 2 is 2.09 bits per heavy atom. The van der Waals surface area contributed by atoms with E-state index in [1.54, 1.807) is 17.5 Å². The molecule has 3 aromatic rings. The molecule has 3 heterocycles. The molecule has 1 aromatic carbocycles. The van der Waals surface area contributed by atoms with Gasteiger partial charge in [0.1, 0.15) is 0 Å². The number of para-hydroxylation sites is 1. The summed E-state index contributed by atoms with van der Waals surface area (Å²) in [5, 5.41) is 4.16. The monoisotopic (exact) mass is 321 g/mol. The second kappa shape index (κ2) is 6.18. The summed E-state index contributed by atoms with van der Waals surface area (Å²) in [5.74, 6) is 0.803. The van der Waals surface area contributed by atoms with E-state index in [0.29, 0.717) is 6.54 Å². The molecule has 0 saturated carbocycles. The highest BCUT2D eigenvalue weighted by Gasteiger charge is 2.18. The normalized spacial score (nSPS) is 16.0. The summed E-state index contributed by atoms with van der Waals surface area (Å²) in [4.78, 5) is 15.8. The molecule has 5 nitrogen and oxygen atoms in total. The molecule has 23 heavy (non-hydrogen) atoms. The molecule has 1 aliphatic rings. The van der Waals surface area contributed by atoms with Crippen molar-refractivity contribution < 1.29 is 0 Å². The minimum atomic E-state index is 0.540. The lowest BCUT2D eigenvalue weighted by Crippen LogP contribution is -2.42. The molecule has 2 aromatic heterocycles. The Labute approximate surface area is 138 Å². The van der Waals surface area contributed by atoms with Gasteiger partial charge in [0.05, 0.1) is 22.5 Å². The molecule has 114 valence electrons. The topological polar surface area (TPSA) is 53.4 Å². The molecule has 0 atom stereocenters. The molecule has 0 fully saturated rings. The fourth-order valence-corrected chi connectivity index (χ4v) is 3.36. The van der Waals surface area contributed by atoms with Gasteiger partial charge in [-0.1, -0.05) is 29.5 Å². The lowest BCUT2D eigenvalue weighted by atomic mass is 10.3. The molecule has 0 unspecified atom stereocenters. The fraction of sp³-hybridized carbons (Fsp3) is 0.118. The first kappa shape index (κ1) is 13.9. The van der Waals surface area contributed by atoms with Crippen LogP contribution in [0.1, 0.15) is 5.69 Å². The number of thiazole rings is 1. The van der Waals surface area contributed by atoms with Crippen molar-refractivity contribution in [3.05, 3.63) is 66.6 Å². The number of nitrogens with one attached hydrogen (secondary N) is 1. The zero-order valence-corrected chi connectivity index (χ0v) is 13.2. The summed E-state index contributed by atoms with van der Waals surface area (Å²) in [6.45, 7) is 1.30. The number of aliphatic imine (C=N–C) groups is 1. The molecule has 0 bridgehead atoms. The third-order valence-electron chi connectivity index (χ3n) is 3.50. The van der Waals surface area contributed by atoms with Gasteiger partial charge in [-0.25, -0.2) is 9.98 Å². The summed E-state index contributed by atoms with van der Waals surface area (Å²) >= 11 is 1.67. The van der Waals surface area contributed by atoms with Crippen LogP contribution in [0, 0.1) is 0 Å². The van der Waals surface area contributed by atoms with Crippen molar-refractivity contribution in [2.75, 3.05) is 11.4 Å². The molecule has 0 radical (unpaired) electrons. The first-order valence-corrected chi connectivity index (χ1v) is 8.21. The molecule has 0 aliphatic carbocycles. The smallest absolute Gasteiger partial charge is 0.205 e. The standard InChI is InChI=1S/C17H15N5S/c1-2-8-15-14(7-1)21-17(23-15)22-11-5-10-19-16(22)20-12-13-6-3-4-9-18-13/h1-10H,11-12H2,(H,19,20). The predicted molar refractivity (Wildman–Crippen MR) is 94.6 cm³/mol. The zero-order chi connectivity index (χ0) is 15.5. The Bertz CT molecular complexity index is 836. The van der Waals surface area contributed by atoms with E-state index in [9.17, 15) is 0 Å². The van der Waals surface area contributed by atoms with Gasteiger partial charge < -0.3 is 5.32 Å². The van der Waals surface area contributed by atoms with Gasteiger partial charge in [-0.15, -0.1) is 0 Å². The van der Waals surface area contributed by atoms with Gasteiger partial charge in [0, 0.05) is 18.9 Å². The molecule has 0 saturated heterocycles. The van der Waals surface area contributed by atoms with Gasteiger partial charge in [-0.2, -0.15) is 0 Å². The van der Waals surface area contributed by atoms with Crippen LogP contribution >= 0.6 is 11.3 Å². The Balaban J connectivity index is 1.64. The van der Waals surface area contributed by atoms with Crippen LogP contribution in [0.2, 0.25) is 0 Å². The van der Waals surface area contributed by atoms with Crippen LogP contribution in [0.4, 0.5) is 5.13 Å². The number of hydrogen-bond acceptors (Lipinski definition) is 4. The highest BCUT2D eigenvalue weighted by Crippen LogP contribution is 2.29. The van der Waals surface area contributed by atoms with E-state index < -0.39 is 0 Å². The van der Waals surface area contributed by atoms with Gasteiger partial charge in [-0.05, 0) is 30.3 Å². The number of benzene rings is 1. The third kappa shape index (κ3) is 2.93. The van der Waals surface area contributed by atoms with Crippen molar-refractivity contribution in [2.24, 2.45) is 4.99 Å². The maximum Gasteiger partial charge on any atom is 0.205 e. The Hall–Kier alpha value is -2.73. The average Bonchev–Trinajstić information content (AvgIpc) is 3.05. The second-order valence-electron chi connectivity index (χ2n) is 5.08. The molecule has 6 heteroatoms. The number of hydrogen-bond donors (Lipinski definition) is 1. The highest BCUT2D eigenvalue weighted by atomic mass is 32.1. The number of anilines is 1. The summed E-state index contributed by atoms with van der Waals surface area (Å²) in [6, 6.07) is 14.0. The van der Waals surface area contributed by atoms with Gasteiger partial charge in [0.15, 0.2) is 5.13 Å². The molecular weight excluding hydrogens is 306 g/mol. The van der Waals surface area contributed by atoms with Crippen LogP contribution in [-0.2, 0) is 6.54 Å². The van der Waals surface area contributed by atoms with E-state index >= 15 is 0 Å². The quantitative estimate of drug-likeness (QED) is 0.805.